The molecular weight excluding hydrogens is 354 g/mol. The number of rotatable bonds is 6. The van der Waals surface area contributed by atoms with E-state index in [2.05, 4.69) is 20.4 Å². The van der Waals surface area contributed by atoms with Crippen LogP contribution in [0.4, 0.5) is 0 Å². The summed E-state index contributed by atoms with van der Waals surface area (Å²) < 4.78 is 18.1. The van der Waals surface area contributed by atoms with E-state index in [1.165, 1.54) is 11.8 Å². The van der Waals surface area contributed by atoms with E-state index in [-0.39, 0.29) is 0 Å². The first-order chi connectivity index (χ1) is 12.7. The molecule has 3 aromatic heterocycles. The molecule has 0 aliphatic carbocycles. The number of thioether (sulfide) groups is 1. The monoisotopic (exact) mass is 369 g/mol. The maximum Gasteiger partial charge on any atom is 0.247 e. The van der Waals surface area contributed by atoms with Gasteiger partial charge in [-0.25, -0.2) is 0 Å². The summed E-state index contributed by atoms with van der Waals surface area (Å²) in [5.74, 6) is 3.60. The van der Waals surface area contributed by atoms with E-state index in [0.29, 0.717) is 29.1 Å². The Bertz CT molecular complexity index is 992. The van der Waals surface area contributed by atoms with E-state index in [1.54, 1.807) is 13.4 Å². The molecular formula is C17H15N5O3S. The number of benzene rings is 1. The van der Waals surface area contributed by atoms with E-state index in [1.807, 2.05) is 48.0 Å². The predicted molar refractivity (Wildman–Crippen MR) is 94.6 cm³/mol. The molecule has 0 radical (unpaired) electrons. The molecule has 0 spiro atoms. The molecule has 0 saturated carbocycles. The fraction of sp³-hybridized carbons (Fsp3) is 0.176. The topological polar surface area (TPSA) is 92.0 Å². The fourth-order valence-corrected chi connectivity index (χ4v) is 3.10. The Morgan fingerprint density at radius 2 is 1.92 bits per heavy atom. The van der Waals surface area contributed by atoms with Crippen molar-refractivity contribution >= 4 is 11.8 Å². The molecule has 1 aromatic carbocycles. The molecule has 9 heteroatoms. The lowest BCUT2D eigenvalue weighted by Gasteiger charge is -2.00. The lowest BCUT2D eigenvalue weighted by molar-refractivity contribution is 0.415. The Kier molecular flexibility index (Phi) is 4.44. The molecule has 0 unspecified atom stereocenters. The van der Waals surface area contributed by atoms with Crippen molar-refractivity contribution in [1.29, 1.82) is 0 Å². The second kappa shape index (κ2) is 7.04. The van der Waals surface area contributed by atoms with Gasteiger partial charge in [-0.3, -0.25) is 0 Å². The molecule has 4 aromatic rings. The van der Waals surface area contributed by atoms with Crippen LogP contribution in [0.2, 0.25) is 0 Å². The summed E-state index contributed by atoms with van der Waals surface area (Å²) in [6.45, 7) is 0. The first-order valence-electron chi connectivity index (χ1n) is 7.77. The molecule has 0 atom stereocenters. The molecule has 0 aliphatic heterocycles. The molecule has 3 heterocycles. The van der Waals surface area contributed by atoms with Crippen LogP contribution in [0.1, 0.15) is 5.89 Å². The van der Waals surface area contributed by atoms with Crippen molar-refractivity contribution in [1.82, 2.24) is 25.0 Å². The highest BCUT2D eigenvalue weighted by atomic mass is 32.2. The second-order valence-electron chi connectivity index (χ2n) is 5.36. The summed E-state index contributed by atoms with van der Waals surface area (Å²) in [5, 5.41) is 17.3. The minimum absolute atomic E-state index is 0.470. The van der Waals surface area contributed by atoms with Gasteiger partial charge >= 0.3 is 0 Å². The van der Waals surface area contributed by atoms with Crippen molar-refractivity contribution in [3.63, 3.8) is 0 Å². The SMILES string of the molecule is COc1ccc(-c2nnc(CSc3nnc(-c4ccco4)n3C)o2)cc1. The zero-order valence-corrected chi connectivity index (χ0v) is 14.9. The molecule has 0 N–H and O–H groups in total. The van der Waals surface area contributed by atoms with Gasteiger partial charge in [0.05, 0.1) is 19.1 Å². The lowest BCUT2D eigenvalue weighted by Crippen LogP contribution is -1.94. The van der Waals surface area contributed by atoms with Crippen LogP contribution in [-0.2, 0) is 12.8 Å². The maximum atomic E-state index is 5.72. The number of hydrogen-bond acceptors (Lipinski definition) is 8. The zero-order chi connectivity index (χ0) is 17.9. The van der Waals surface area contributed by atoms with Crippen LogP contribution in [0.5, 0.6) is 5.75 Å². The Morgan fingerprint density at radius 1 is 1.08 bits per heavy atom. The maximum absolute atomic E-state index is 5.72. The molecule has 0 saturated heterocycles. The van der Waals surface area contributed by atoms with Crippen LogP contribution < -0.4 is 4.74 Å². The highest BCUT2D eigenvalue weighted by Crippen LogP contribution is 2.27. The molecule has 26 heavy (non-hydrogen) atoms. The number of hydrogen-bond donors (Lipinski definition) is 0. The fourth-order valence-electron chi connectivity index (χ4n) is 2.35. The van der Waals surface area contributed by atoms with Crippen LogP contribution in [0, 0.1) is 0 Å². The Morgan fingerprint density at radius 3 is 2.65 bits per heavy atom. The molecule has 4 rings (SSSR count). The van der Waals surface area contributed by atoms with Crippen LogP contribution in [0.3, 0.4) is 0 Å². The largest absolute Gasteiger partial charge is 0.497 e. The highest BCUT2D eigenvalue weighted by Gasteiger charge is 2.15. The Balaban J connectivity index is 1.45. The summed E-state index contributed by atoms with van der Waals surface area (Å²) >= 11 is 1.46. The van der Waals surface area contributed by atoms with Gasteiger partial charge < -0.3 is 18.1 Å². The summed E-state index contributed by atoms with van der Waals surface area (Å²) in [5.41, 5.74) is 0.841. The van der Waals surface area contributed by atoms with E-state index >= 15 is 0 Å². The number of nitrogens with zero attached hydrogens (tertiary/aromatic N) is 5. The summed E-state index contributed by atoms with van der Waals surface area (Å²) in [4.78, 5) is 0. The molecule has 0 bridgehead atoms. The number of aromatic nitrogens is 5. The summed E-state index contributed by atoms with van der Waals surface area (Å²) in [6.07, 6.45) is 1.61. The van der Waals surface area contributed by atoms with Gasteiger partial charge in [-0.1, -0.05) is 11.8 Å². The van der Waals surface area contributed by atoms with Gasteiger partial charge in [-0.2, -0.15) is 0 Å². The van der Waals surface area contributed by atoms with Gasteiger partial charge in [0.15, 0.2) is 16.7 Å². The normalized spacial score (nSPS) is 11.0. The Labute approximate surface area is 153 Å². The summed E-state index contributed by atoms with van der Waals surface area (Å²) in [7, 11) is 3.51. The third kappa shape index (κ3) is 3.21. The lowest BCUT2D eigenvalue weighted by atomic mass is 10.2. The minimum Gasteiger partial charge on any atom is -0.497 e. The molecule has 0 aliphatic rings. The second-order valence-corrected chi connectivity index (χ2v) is 6.30. The first kappa shape index (κ1) is 16.4. The van der Waals surface area contributed by atoms with Gasteiger partial charge in [0.2, 0.25) is 11.8 Å². The predicted octanol–water partition coefficient (Wildman–Crippen LogP) is 3.43. The van der Waals surface area contributed by atoms with E-state index in [0.717, 1.165) is 16.5 Å². The van der Waals surface area contributed by atoms with Crippen molar-refractivity contribution in [3.05, 3.63) is 48.6 Å². The number of furan rings is 1. The highest BCUT2D eigenvalue weighted by molar-refractivity contribution is 7.98. The van der Waals surface area contributed by atoms with Gasteiger partial charge in [0.25, 0.3) is 0 Å². The quantitative estimate of drug-likeness (QED) is 0.477. The van der Waals surface area contributed by atoms with Crippen LogP contribution in [0.25, 0.3) is 23.0 Å². The van der Waals surface area contributed by atoms with Crippen molar-refractivity contribution in [2.24, 2.45) is 7.05 Å². The third-order valence-corrected chi connectivity index (χ3v) is 4.71. The third-order valence-electron chi connectivity index (χ3n) is 3.71. The smallest absolute Gasteiger partial charge is 0.247 e. The molecule has 132 valence electrons. The van der Waals surface area contributed by atoms with Crippen LogP contribution in [-0.4, -0.2) is 32.1 Å². The van der Waals surface area contributed by atoms with Crippen molar-refractivity contribution < 1.29 is 13.6 Å². The zero-order valence-electron chi connectivity index (χ0n) is 14.1. The minimum atomic E-state index is 0.470. The van der Waals surface area contributed by atoms with Crippen LogP contribution >= 0.6 is 11.8 Å². The average Bonchev–Trinajstić information content (AvgIpc) is 3.41. The van der Waals surface area contributed by atoms with Gasteiger partial charge in [-0.15, -0.1) is 20.4 Å². The van der Waals surface area contributed by atoms with Crippen molar-refractivity contribution in [3.8, 4) is 28.8 Å². The van der Waals surface area contributed by atoms with Gasteiger partial charge in [0.1, 0.15) is 5.75 Å². The van der Waals surface area contributed by atoms with Crippen molar-refractivity contribution in [2.45, 2.75) is 10.9 Å². The van der Waals surface area contributed by atoms with E-state index in [4.69, 9.17) is 13.6 Å². The summed E-state index contributed by atoms with van der Waals surface area (Å²) in [6, 6.07) is 11.1. The number of ether oxygens (including phenoxy) is 1. The van der Waals surface area contributed by atoms with E-state index < -0.39 is 0 Å². The van der Waals surface area contributed by atoms with Gasteiger partial charge in [-0.05, 0) is 36.4 Å². The first-order valence-corrected chi connectivity index (χ1v) is 8.76. The average molecular weight is 369 g/mol. The molecule has 8 nitrogen and oxygen atoms in total. The molecule has 0 amide bonds. The van der Waals surface area contributed by atoms with Gasteiger partial charge in [0, 0.05) is 12.6 Å². The number of methoxy groups -OCH3 is 1. The van der Waals surface area contributed by atoms with Crippen molar-refractivity contribution in [2.75, 3.05) is 7.11 Å². The van der Waals surface area contributed by atoms with E-state index in [9.17, 15) is 0 Å². The molecule has 0 fully saturated rings. The standard InChI is InChI=1S/C17H15N5O3S/c1-22-15(13-4-3-9-24-13)19-21-17(22)26-10-14-18-20-16(25-14)11-5-7-12(23-2)8-6-11/h3-9H,10H2,1-2H3. The van der Waals surface area contributed by atoms with Crippen LogP contribution in [0.15, 0.2) is 56.7 Å². The Hall–Kier alpha value is -3.07.